The molecule has 1 amide bonds. The predicted molar refractivity (Wildman–Crippen MR) is 86.3 cm³/mol. The van der Waals surface area contributed by atoms with Crippen LogP contribution in [0.5, 0.6) is 5.75 Å². The van der Waals surface area contributed by atoms with Gasteiger partial charge in [-0.2, -0.15) is 0 Å². The van der Waals surface area contributed by atoms with Gasteiger partial charge in [-0.3, -0.25) is 9.78 Å². The Bertz CT molecular complexity index is 646. The molecule has 1 saturated carbocycles. The first kappa shape index (κ1) is 14.6. The fraction of sp³-hybridized carbons (Fsp3) is 0.333. The van der Waals surface area contributed by atoms with Gasteiger partial charge in [-0.15, -0.1) is 0 Å². The second-order valence-electron chi connectivity index (χ2n) is 5.69. The maximum Gasteiger partial charge on any atom is 0.257 e. The van der Waals surface area contributed by atoms with Crippen LogP contribution in [0.3, 0.4) is 0 Å². The zero-order valence-corrected chi connectivity index (χ0v) is 12.7. The molecule has 1 heterocycles. The highest BCUT2D eigenvalue weighted by Gasteiger charge is 2.16. The molecule has 3 rings (SSSR count). The number of carbonyl (C=O) groups is 1. The topological polar surface area (TPSA) is 51.2 Å². The van der Waals surface area contributed by atoms with Gasteiger partial charge in [-0.05, 0) is 56.9 Å². The number of nitrogens with zero attached hydrogens (tertiary/aromatic N) is 1. The number of pyridine rings is 1. The molecule has 0 unspecified atom stereocenters. The highest BCUT2D eigenvalue weighted by Crippen LogP contribution is 2.25. The Labute approximate surface area is 130 Å². The number of ether oxygens (including phenoxy) is 1. The Morgan fingerprint density at radius 3 is 2.77 bits per heavy atom. The predicted octanol–water partition coefficient (Wildman–Crippen LogP) is 3.96. The minimum atomic E-state index is -0.162. The number of hydrogen-bond donors (Lipinski definition) is 1. The molecule has 22 heavy (non-hydrogen) atoms. The van der Waals surface area contributed by atoms with Crippen LogP contribution in [0.1, 0.15) is 41.7 Å². The summed E-state index contributed by atoms with van der Waals surface area (Å²) in [6, 6.07) is 11.2. The maximum atomic E-state index is 12.2. The lowest BCUT2D eigenvalue weighted by Gasteiger charge is -2.14. The largest absolute Gasteiger partial charge is 0.490 e. The second-order valence-corrected chi connectivity index (χ2v) is 5.69. The summed E-state index contributed by atoms with van der Waals surface area (Å²) in [4.78, 5) is 16.3. The highest BCUT2D eigenvalue weighted by atomic mass is 16.5. The average Bonchev–Trinajstić information content (AvgIpc) is 3.01. The lowest BCUT2D eigenvalue weighted by molar-refractivity contribution is 0.102. The summed E-state index contributed by atoms with van der Waals surface area (Å²) >= 11 is 0. The van der Waals surface area contributed by atoms with Gasteiger partial charge < -0.3 is 10.1 Å². The number of hydrogen-bond acceptors (Lipinski definition) is 3. The number of aromatic nitrogens is 1. The molecule has 2 aromatic rings. The van der Waals surface area contributed by atoms with E-state index >= 15 is 0 Å². The van der Waals surface area contributed by atoms with Crippen molar-refractivity contribution >= 4 is 11.6 Å². The molecule has 4 nitrogen and oxygen atoms in total. The molecule has 0 bridgehead atoms. The van der Waals surface area contributed by atoms with Gasteiger partial charge in [0.05, 0.1) is 11.7 Å². The van der Waals surface area contributed by atoms with E-state index in [1.807, 2.05) is 37.3 Å². The second kappa shape index (κ2) is 6.60. The molecule has 1 aliphatic rings. The van der Waals surface area contributed by atoms with E-state index in [9.17, 15) is 4.79 Å². The number of amides is 1. The average molecular weight is 296 g/mol. The first-order chi connectivity index (χ1) is 10.7. The molecule has 0 atom stereocenters. The number of rotatable bonds is 4. The van der Waals surface area contributed by atoms with Crippen LogP contribution in [0.4, 0.5) is 5.69 Å². The number of aryl methyl sites for hydroxylation is 1. The summed E-state index contributed by atoms with van der Waals surface area (Å²) in [6.07, 6.45) is 6.61. The minimum Gasteiger partial charge on any atom is -0.490 e. The minimum absolute atomic E-state index is 0.162. The van der Waals surface area contributed by atoms with Crippen LogP contribution in [0, 0.1) is 6.92 Å². The van der Waals surface area contributed by atoms with Crippen LogP contribution in [0.2, 0.25) is 0 Å². The Hall–Kier alpha value is -2.36. The Morgan fingerprint density at radius 2 is 2.05 bits per heavy atom. The van der Waals surface area contributed by atoms with Gasteiger partial charge in [0.1, 0.15) is 5.75 Å². The lowest BCUT2D eigenvalue weighted by atomic mass is 10.2. The number of carbonyl (C=O) groups excluding carboxylic acids is 1. The van der Waals surface area contributed by atoms with Gasteiger partial charge in [0.25, 0.3) is 5.91 Å². The van der Waals surface area contributed by atoms with Crippen LogP contribution in [0.25, 0.3) is 0 Å². The van der Waals surface area contributed by atoms with Crippen LogP contribution in [-0.4, -0.2) is 17.0 Å². The van der Waals surface area contributed by atoms with Gasteiger partial charge in [-0.1, -0.05) is 6.07 Å². The first-order valence-corrected chi connectivity index (χ1v) is 7.71. The van der Waals surface area contributed by atoms with Gasteiger partial charge in [0.2, 0.25) is 0 Å². The van der Waals surface area contributed by atoms with Crippen molar-refractivity contribution in [1.82, 2.24) is 4.98 Å². The Morgan fingerprint density at radius 1 is 1.23 bits per heavy atom. The van der Waals surface area contributed by atoms with E-state index in [1.165, 1.54) is 12.8 Å². The van der Waals surface area contributed by atoms with E-state index in [2.05, 4.69) is 10.3 Å². The van der Waals surface area contributed by atoms with Crippen molar-refractivity contribution in [1.29, 1.82) is 0 Å². The van der Waals surface area contributed by atoms with Crippen LogP contribution in [-0.2, 0) is 0 Å². The summed E-state index contributed by atoms with van der Waals surface area (Å²) in [5.74, 6) is 0.650. The molecule has 1 aliphatic carbocycles. The molecule has 1 N–H and O–H groups in total. The summed E-state index contributed by atoms with van der Waals surface area (Å²) in [5, 5.41) is 2.88. The molecule has 1 fully saturated rings. The Kier molecular flexibility index (Phi) is 4.37. The van der Waals surface area contributed by atoms with Gasteiger partial charge >= 0.3 is 0 Å². The fourth-order valence-electron chi connectivity index (χ4n) is 2.65. The molecule has 0 aliphatic heterocycles. The van der Waals surface area contributed by atoms with Crippen molar-refractivity contribution in [3.05, 3.63) is 53.9 Å². The third kappa shape index (κ3) is 3.64. The zero-order valence-electron chi connectivity index (χ0n) is 12.7. The van der Waals surface area contributed by atoms with Gasteiger partial charge in [0.15, 0.2) is 0 Å². The van der Waals surface area contributed by atoms with E-state index < -0.39 is 0 Å². The summed E-state index contributed by atoms with van der Waals surface area (Å²) in [6.45, 7) is 1.89. The number of anilines is 1. The SMILES string of the molecule is Cc1ccc(C(=O)Nc2cccc(OC3CCCC3)c2)cn1. The van der Waals surface area contributed by atoms with E-state index in [0.717, 1.165) is 30.0 Å². The fourth-order valence-corrected chi connectivity index (χ4v) is 2.65. The highest BCUT2D eigenvalue weighted by molar-refractivity contribution is 6.04. The van der Waals surface area contributed by atoms with Crippen LogP contribution < -0.4 is 10.1 Å². The van der Waals surface area contributed by atoms with Crippen LogP contribution >= 0.6 is 0 Å². The molecule has 114 valence electrons. The molecular weight excluding hydrogens is 276 g/mol. The quantitative estimate of drug-likeness (QED) is 0.929. The number of nitrogens with one attached hydrogen (secondary N) is 1. The first-order valence-electron chi connectivity index (χ1n) is 7.71. The van der Waals surface area contributed by atoms with E-state index in [1.54, 1.807) is 12.3 Å². The monoisotopic (exact) mass is 296 g/mol. The summed E-state index contributed by atoms with van der Waals surface area (Å²) < 4.78 is 5.96. The van der Waals surface area contributed by atoms with E-state index in [0.29, 0.717) is 11.7 Å². The van der Waals surface area contributed by atoms with Crippen molar-refractivity contribution in [3.63, 3.8) is 0 Å². The smallest absolute Gasteiger partial charge is 0.257 e. The summed E-state index contributed by atoms with van der Waals surface area (Å²) in [7, 11) is 0. The van der Waals surface area contributed by atoms with Crippen LogP contribution in [0.15, 0.2) is 42.6 Å². The van der Waals surface area contributed by atoms with E-state index in [4.69, 9.17) is 4.74 Å². The lowest BCUT2D eigenvalue weighted by Crippen LogP contribution is -2.13. The van der Waals surface area contributed by atoms with Crippen molar-refractivity contribution in [3.8, 4) is 5.75 Å². The van der Waals surface area contributed by atoms with Crippen molar-refractivity contribution in [2.75, 3.05) is 5.32 Å². The third-order valence-corrected chi connectivity index (χ3v) is 3.87. The number of benzene rings is 1. The Balaban J connectivity index is 1.66. The molecule has 0 saturated heterocycles. The van der Waals surface area contributed by atoms with Gasteiger partial charge in [0, 0.05) is 23.6 Å². The third-order valence-electron chi connectivity index (χ3n) is 3.87. The molecular formula is C18H20N2O2. The molecule has 0 spiro atoms. The standard InChI is InChI=1S/C18H20N2O2/c1-13-9-10-14(12-19-13)18(21)20-15-5-4-8-17(11-15)22-16-6-2-3-7-16/h4-5,8-12,16H,2-3,6-7H2,1H3,(H,20,21). The molecule has 1 aromatic heterocycles. The summed E-state index contributed by atoms with van der Waals surface area (Å²) in [5.41, 5.74) is 2.18. The molecule has 0 radical (unpaired) electrons. The van der Waals surface area contributed by atoms with Crippen molar-refractivity contribution < 1.29 is 9.53 Å². The molecule has 1 aromatic carbocycles. The van der Waals surface area contributed by atoms with E-state index in [-0.39, 0.29) is 5.91 Å². The normalized spacial score (nSPS) is 14.8. The van der Waals surface area contributed by atoms with Crippen molar-refractivity contribution in [2.45, 2.75) is 38.7 Å². The molecule has 4 heteroatoms. The van der Waals surface area contributed by atoms with Crippen molar-refractivity contribution in [2.24, 2.45) is 0 Å². The zero-order chi connectivity index (χ0) is 15.4. The van der Waals surface area contributed by atoms with Gasteiger partial charge in [-0.25, -0.2) is 0 Å². The maximum absolute atomic E-state index is 12.2.